The number of rotatable bonds is 4. The monoisotopic (exact) mass is 446 g/mol. The van der Waals surface area contributed by atoms with E-state index < -0.39 is 5.97 Å². The predicted molar refractivity (Wildman–Crippen MR) is 127 cm³/mol. The predicted octanol–water partition coefficient (Wildman–Crippen LogP) is 6.79. The fourth-order valence-electron chi connectivity index (χ4n) is 4.28. The van der Waals surface area contributed by atoms with Crippen molar-refractivity contribution in [3.63, 3.8) is 0 Å². The topological polar surface area (TPSA) is 86.6 Å². The molecule has 0 bridgehead atoms. The lowest BCUT2D eigenvalue weighted by Gasteiger charge is -2.33. The zero-order chi connectivity index (χ0) is 23.0. The summed E-state index contributed by atoms with van der Waals surface area (Å²) in [6.07, 6.45) is 4.70. The zero-order valence-electron chi connectivity index (χ0n) is 18.7. The molecule has 0 aliphatic heterocycles. The zero-order valence-corrected chi connectivity index (χ0v) is 19.5. The molecule has 5 nitrogen and oxygen atoms in total. The minimum absolute atomic E-state index is 0.249. The maximum Gasteiger partial charge on any atom is 0.335 e. The van der Waals surface area contributed by atoms with Crippen molar-refractivity contribution < 1.29 is 14.3 Å². The van der Waals surface area contributed by atoms with Gasteiger partial charge in [0, 0.05) is 10.4 Å². The van der Waals surface area contributed by atoms with Crippen LogP contribution >= 0.6 is 11.3 Å². The number of nitrogens with zero attached hydrogens (tertiary/aromatic N) is 2. The lowest BCUT2D eigenvalue weighted by Crippen LogP contribution is -2.26. The highest BCUT2D eigenvalue weighted by Gasteiger charge is 2.32. The minimum Gasteiger partial charge on any atom is -0.478 e. The van der Waals surface area contributed by atoms with Crippen LogP contribution in [0.2, 0.25) is 0 Å². The van der Waals surface area contributed by atoms with Gasteiger partial charge in [0.1, 0.15) is 22.6 Å². The Balaban J connectivity index is 1.58. The van der Waals surface area contributed by atoms with Gasteiger partial charge in [0.05, 0.1) is 17.3 Å². The average Bonchev–Trinajstić information content (AvgIpc) is 3.34. The van der Waals surface area contributed by atoms with Crippen LogP contribution in [0, 0.1) is 29.6 Å². The van der Waals surface area contributed by atoms with E-state index in [2.05, 4.69) is 31.8 Å². The summed E-state index contributed by atoms with van der Waals surface area (Å²) in [5.41, 5.74) is 4.03. The molecule has 1 aliphatic rings. The largest absolute Gasteiger partial charge is 0.478 e. The van der Waals surface area contributed by atoms with Gasteiger partial charge in [0.25, 0.3) is 0 Å². The molecule has 2 aromatic heterocycles. The molecule has 164 valence electrons. The van der Waals surface area contributed by atoms with E-state index in [1.54, 1.807) is 35.8 Å². The summed E-state index contributed by atoms with van der Waals surface area (Å²) in [5, 5.41) is 19.6. The summed E-state index contributed by atoms with van der Waals surface area (Å²) in [4.78, 5) is 17.0. The Morgan fingerprint density at radius 2 is 2.09 bits per heavy atom. The van der Waals surface area contributed by atoms with Gasteiger partial charge in [-0.1, -0.05) is 26.8 Å². The standard InChI is InChI=1S/C26H26N2O3S/c1-15-11-16(25(29)30)5-8-19(15)22-10-7-18(31-22)14-28-24-21(13-27)20-9-6-17(26(2,3)4)12-23(20)32-24/h5,7-8,10-11,14,17H,6,9,12H2,1-4H3,(H,29,30)/t17-/m0/s1. The number of benzene rings is 1. The van der Waals surface area contributed by atoms with E-state index in [0.717, 1.165) is 35.4 Å². The molecular formula is C26H26N2O3S. The van der Waals surface area contributed by atoms with Crippen LogP contribution in [0.5, 0.6) is 0 Å². The number of thiophene rings is 1. The van der Waals surface area contributed by atoms with E-state index in [1.807, 2.05) is 19.1 Å². The number of aliphatic imine (C=N–C) groups is 1. The molecule has 1 atom stereocenters. The molecule has 2 heterocycles. The molecule has 0 saturated carbocycles. The Kier molecular flexibility index (Phi) is 5.79. The highest BCUT2D eigenvalue weighted by Crippen LogP contribution is 2.44. The molecule has 0 unspecified atom stereocenters. The normalized spacial score (nSPS) is 16.2. The molecule has 1 aliphatic carbocycles. The van der Waals surface area contributed by atoms with Crippen molar-refractivity contribution in [1.29, 1.82) is 5.26 Å². The van der Waals surface area contributed by atoms with Crippen LogP contribution in [0.1, 0.15) is 64.9 Å². The van der Waals surface area contributed by atoms with Crippen LogP contribution in [0.3, 0.4) is 0 Å². The number of aryl methyl sites for hydroxylation is 1. The van der Waals surface area contributed by atoms with E-state index in [0.29, 0.717) is 23.0 Å². The second-order valence-corrected chi connectivity index (χ2v) is 10.5. The number of carbonyl (C=O) groups is 1. The molecule has 4 rings (SSSR count). The van der Waals surface area contributed by atoms with Gasteiger partial charge < -0.3 is 9.52 Å². The number of hydrogen-bond acceptors (Lipinski definition) is 5. The SMILES string of the molecule is Cc1cc(C(=O)O)ccc1-c1ccc(C=Nc2sc3c(c2C#N)CC[C@H](C(C)(C)C)C3)o1. The van der Waals surface area contributed by atoms with E-state index in [1.165, 1.54) is 10.4 Å². The Hall–Kier alpha value is -3.17. The maximum atomic E-state index is 11.2. The van der Waals surface area contributed by atoms with E-state index in [-0.39, 0.29) is 11.0 Å². The van der Waals surface area contributed by atoms with Crippen molar-refractivity contribution in [3.8, 4) is 17.4 Å². The number of aromatic carboxylic acids is 1. The molecule has 1 aromatic carbocycles. The number of hydrogen-bond donors (Lipinski definition) is 1. The van der Waals surface area contributed by atoms with Gasteiger partial charge >= 0.3 is 5.97 Å². The molecular weight excluding hydrogens is 420 g/mol. The van der Waals surface area contributed by atoms with Crippen molar-refractivity contribution in [1.82, 2.24) is 0 Å². The molecule has 6 heteroatoms. The molecule has 3 aromatic rings. The fourth-order valence-corrected chi connectivity index (χ4v) is 5.50. The molecule has 32 heavy (non-hydrogen) atoms. The smallest absolute Gasteiger partial charge is 0.335 e. The second kappa shape index (κ2) is 8.40. The van der Waals surface area contributed by atoms with Crippen molar-refractivity contribution >= 4 is 28.5 Å². The first-order chi connectivity index (χ1) is 15.2. The number of furan rings is 1. The van der Waals surface area contributed by atoms with Gasteiger partial charge in [-0.3, -0.25) is 0 Å². The van der Waals surface area contributed by atoms with Crippen LogP contribution in [0.4, 0.5) is 5.00 Å². The molecule has 1 N–H and O–H groups in total. The third kappa shape index (κ3) is 4.26. The summed E-state index contributed by atoms with van der Waals surface area (Å²) in [5.74, 6) is 0.900. The van der Waals surface area contributed by atoms with Crippen LogP contribution in [0.15, 0.2) is 39.7 Å². The summed E-state index contributed by atoms with van der Waals surface area (Å²) < 4.78 is 5.93. The third-order valence-electron chi connectivity index (χ3n) is 6.26. The molecule has 0 amide bonds. The lowest BCUT2D eigenvalue weighted by atomic mass is 9.72. The molecule has 0 spiro atoms. The number of carboxylic acid groups (broad SMARTS) is 1. The highest BCUT2D eigenvalue weighted by molar-refractivity contribution is 7.16. The fraction of sp³-hybridized carbons (Fsp3) is 0.346. The maximum absolute atomic E-state index is 11.2. The van der Waals surface area contributed by atoms with Crippen LogP contribution < -0.4 is 0 Å². The first-order valence-electron chi connectivity index (χ1n) is 10.7. The average molecular weight is 447 g/mol. The van der Waals surface area contributed by atoms with Crippen molar-refractivity contribution in [3.05, 3.63) is 63.2 Å². The van der Waals surface area contributed by atoms with Gasteiger partial charge in [-0.05, 0) is 72.9 Å². The Morgan fingerprint density at radius 3 is 2.75 bits per heavy atom. The van der Waals surface area contributed by atoms with E-state index in [9.17, 15) is 10.1 Å². The molecule has 0 radical (unpaired) electrons. The van der Waals surface area contributed by atoms with Gasteiger partial charge in [-0.2, -0.15) is 5.26 Å². The van der Waals surface area contributed by atoms with Gasteiger partial charge in [0.15, 0.2) is 0 Å². The van der Waals surface area contributed by atoms with Gasteiger partial charge in [-0.15, -0.1) is 11.3 Å². The summed E-state index contributed by atoms with van der Waals surface area (Å²) in [6.45, 7) is 8.71. The molecule has 0 fully saturated rings. The lowest BCUT2D eigenvalue weighted by molar-refractivity contribution is 0.0696. The summed E-state index contributed by atoms with van der Waals surface area (Å²) >= 11 is 1.62. The van der Waals surface area contributed by atoms with Crippen molar-refractivity contribution in [2.75, 3.05) is 0 Å². The van der Waals surface area contributed by atoms with E-state index >= 15 is 0 Å². The summed E-state index contributed by atoms with van der Waals surface area (Å²) in [7, 11) is 0. The van der Waals surface area contributed by atoms with Crippen LogP contribution in [-0.4, -0.2) is 17.3 Å². The number of fused-ring (bicyclic) bond motifs is 1. The second-order valence-electron chi connectivity index (χ2n) is 9.40. The van der Waals surface area contributed by atoms with Crippen molar-refractivity contribution in [2.24, 2.45) is 16.3 Å². The van der Waals surface area contributed by atoms with Gasteiger partial charge in [-0.25, -0.2) is 9.79 Å². The Morgan fingerprint density at radius 1 is 1.31 bits per heavy atom. The number of nitriles is 1. The quantitative estimate of drug-likeness (QED) is 0.447. The first-order valence-corrected chi connectivity index (χ1v) is 11.5. The Labute approximate surface area is 192 Å². The number of carboxylic acids is 1. The first kappa shape index (κ1) is 22.0. The highest BCUT2D eigenvalue weighted by atomic mass is 32.1. The van der Waals surface area contributed by atoms with Crippen molar-refractivity contribution in [2.45, 2.75) is 47.0 Å². The van der Waals surface area contributed by atoms with Gasteiger partial charge in [0.2, 0.25) is 0 Å². The van der Waals surface area contributed by atoms with Crippen LogP contribution in [0.25, 0.3) is 11.3 Å². The van der Waals surface area contributed by atoms with Crippen LogP contribution in [-0.2, 0) is 12.8 Å². The Bertz CT molecular complexity index is 1250. The summed E-state index contributed by atoms with van der Waals surface area (Å²) in [6, 6.07) is 11.0. The molecule has 0 saturated heterocycles. The minimum atomic E-state index is -0.951. The third-order valence-corrected chi connectivity index (χ3v) is 7.42. The van der Waals surface area contributed by atoms with E-state index in [4.69, 9.17) is 9.52 Å².